The van der Waals surface area contributed by atoms with Gasteiger partial charge >= 0.3 is 0 Å². The van der Waals surface area contributed by atoms with Gasteiger partial charge in [-0.05, 0) is 91.3 Å². The number of hydrogen-bond acceptors (Lipinski definition) is 2. The average molecular weight is 549 g/mol. The molecule has 0 aliphatic heterocycles. The minimum absolute atomic E-state index is 0.879. The molecule has 2 nitrogen and oxygen atoms in total. The highest BCUT2D eigenvalue weighted by Crippen LogP contribution is 2.45. The lowest BCUT2D eigenvalue weighted by atomic mass is 9.84. The Morgan fingerprint density at radius 3 is 1.72 bits per heavy atom. The van der Waals surface area contributed by atoms with E-state index in [4.69, 9.17) is 4.98 Å². The van der Waals surface area contributed by atoms with Crippen molar-refractivity contribution in [2.45, 2.75) is 6.92 Å². The lowest BCUT2D eigenvalue weighted by Crippen LogP contribution is -1.92. The minimum atomic E-state index is 0.879. The summed E-state index contributed by atoms with van der Waals surface area (Å²) in [5, 5.41) is 7.54. The molecule has 0 saturated carbocycles. The molecular formula is C41H28N2. The predicted octanol–water partition coefficient (Wildman–Crippen LogP) is 10.9. The summed E-state index contributed by atoms with van der Waals surface area (Å²) >= 11 is 0. The Labute approximate surface area is 251 Å². The van der Waals surface area contributed by atoms with Gasteiger partial charge in [0.2, 0.25) is 0 Å². The lowest BCUT2D eigenvalue weighted by Gasteiger charge is -2.19. The van der Waals surface area contributed by atoms with E-state index in [-0.39, 0.29) is 0 Å². The number of pyridine rings is 2. The van der Waals surface area contributed by atoms with Crippen molar-refractivity contribution in [3.05, 3.63) is 157 Å². The first kappa shape index (κ1) is 25.1. The summed E-state index contributed by atoms with van der Waals surface area (Å²) in [6.45, 7) is 2.01. The number of aromatic nitrogens is 2. The fraction of sp³-hybridized carbons (Fsp3) is 0.0244. The second-order valence-electron chi connectivity index (χ2n) is 11.0. The van der Waals surface area contributed by atoms with Crippen LogP contribution in [-0.2, 0) is 0 Å². The Bertz CT molecular complexity index is 2240. The van der Waals surface area contributed by atoms with Gasteiger partial charge in [0.15, 0.2) is 0 Å². The maximum atomic E-state index is 4.78. The molecule has 8 rings (SSSR count). The molecule has 2 aromatic heterocycles. The predicted molar refractivity (Wildman–Crippen MR) is 181 cm³/mol. The van der Waals surface area contributed by atoms with Crippen LogP contribution < -0.4 is 0 Å². The van der Waals surface area contributed by atoms with Gasteiger partial charge in [-0.15, -0.1) is 0 Å². The van der Waals surface area contributed by atoms with Gasteiger partial charge in [0.05, 0.1) is 11.4 Å². The van der Waals surface area contributed by atoms with E-state index in [9.17, 15) is 0 Å². The zero-order chi connectivity index (χ0) is 28.8. The Kier molecular flexibility index (Phi) is 6.05. The van der Waals surface area contributed by atoms with Gasteiger partial charge in [-0.2, -0.15) is 0 Å². The normalized spacial score (nSPS) is 11.4. The molecule has 0 bridgehead atoms. The van der Waals surface area contributed by atoms with Gasteiger partial charge in [-0.25, -0.2) is 0 Å². The third kappa shape index (κ3) is 4.36. The average Bonchev–Trinajstić information content (AvgIpc) is 3.07. The van der Waals surface area contributed by atoms with Crippen LogP contribution in [0.15, 0.2) is 152 Å². The van der Waals surface area contributed by atoms with E-state index in [2.05, 4.69) is 132 Å². The molecule has 2 heteroatoms. The maximum Gasteiger partial charge on any atom is 0.0889 e. The molecule has 8 aromatic rings. The van der Waals surface area contributed by atoms with E-state index in [0.717, 1.165) is 28.2 Å². The smallest absolute Gasteiger partial charge is 0.0889 e. The number of nitrogens with zero attached hydrogens (tertiary/aromatic N) is 2. The van der Waals surface area contributed by atoms with Crippen LogP contribution in [0.5, 0.6) is 0 Å². The third-order valence-electron chi connectivity index (χ3n) is 8.39. The zero-order valence-corrected chi connectivity index (χ0v) is 23.8. The van der Waals surface area contributed by atoms with E-state index in [1.807, 2.05) is 31.3 Å². The van der Waals surface area contributed by atoms with E-state index in [1.54, 1.807) is 0 Å². The van der Waals surface area contributed by atoms with Crippen molar-refractivity contribution in [2.24, 2.45) is 0 Å². The molecule has 43 heavy (non-hydrogen) atoms. The van der Waals surface area contributed by atoms with Gasteiger partial charge in [0, 0.05) is 17.5 Å². The van der Waals surface area contributed by atoms with Crippen LogP contribution in [0.4, 0.5) is 0 Å². The molecule has 6 aromatic carbocycles. The minimum Gasteiger partial charge on any atom is -0.254 e. The third-order valence-corrected chi connectivity index (χ3v) is 8.39. The van der Waals surface area contributed by atoms with Crippen molar-refractivity contribution >= 4 is 32.3 Å². The number of aryl methyl sites for hydroxylation is 1. The van der Waals surface area contributed by atoms with E-state index < -0.39 is 0 Å². The van der Waals surface area contributed by atoms with Crippen molar-refractivity contribution in [3.63, 3.8) is 0 Å². The first-order valence-electron chi connectivity index (χ1n) is 14.7. The topological polar surface area (TPSA) is 25.8 Å². The van der Waals surface area contributed by atoms with Crippen LogP contribution in [0.2, 0.25) is 0 Å². The number of benzene rings is 6. The Morgan fingerprint density at radius 2 is 1.02 bits per heavy atom. The molecule has 202 valence electrons. The summed E-state index contributed by atoms with van der Waals surface area (Å²) in [5.41, 5.74) is 9.98. The van der Waals surface area contributed by atoms with Crippen LogP contribution in [0.3, 0.4) is 0 Å². The van der Waals surface area contributed by atoms with Crippen LogP contribution in [-0.4, -0.2) is 9.97 Å². The Balaban J connectivity index is 1.33. The highest BCUT2D eigenvalue weighted by molar-refractivity contribution is 6.23. The molecule has 0 radical (unpaired) electrons. The van der Waals surface area contributed by atoms with Crippen LogP contribution in [0, 0.1) is 6.92 Å². The van der Waals surface area contributed by atoms with Crippen molar-refractivity contribution in [1.82, 2.24) is 9.97 Å². The van der Waals surface area contributed by atoms with Gasteiger partial charge < -0.3 is 0 Å². The largest absolute Gasteiger partial charge is 0.254 e. The van der Waals surface area contributed by atoms with Crippen molar-refractivity contribution in [3.8, 4) is 44.8 Å². The van der Waals surface area contributed by atoms with E-state index in [0.29, 0.717) is 0 Å². The Hall–Kier alpha value is -5.60. The first-order valence-corrected chi connectivity index (χ1v) is 14.7. The summed E-state index contributed by atoms with van der Waals surface area (Å²) in [6, 6.07) is 52.1. The van der Waals surface area contributed by atoms with Gasteiger partial charge in [0.25, 0.3) is 0 Å². The van der Waals surface area contributed by atoms with Gasteiger partial charge in [0.1, 0.15) is 0 Å². The summed E-state index contributed by atoms with van der Waals surface area (Å²) < 4.78 is 0. The molecule has 0 unspecified atom stereocenters. The van der Waals surface area contributed by atoms with E-state index >= 15 is 0 Å². The molecule has 0 aliphatic carbocycles. The quantitative estimate of drug-likeness (QED) is 0.204. The van der Waals surface area contributed by atoms with Crippen molar-refractivity contribution in [1.29, 1.82) is 0 Å². The van der Waals surface area contributed by atoms with Crippen molar-refractivity contribution < 1.29 is 0 Å². The summed E-state index contributed by atoms with van der Waals surface area (Å²) in [4.78, 5) is 9.42. The molecule has 0 aliphatic rings. The zero-order valence-electron chi connectivity index (χ0n) is 23.8. The first-order chi connectivity index (χ1) is 21.2. The molecular weight excluding hydrogens is 520 g/mol. The summed E-state index contributed by atoms with van der Waals surface area (Å²) in [5.74, 6) is 0. The molecule has 0 spiro atoms. The van der Waals surface area contributed by atoms with Gasteiger partial charge in [-0.3, -0.25) is 9.97 Å². The second kappa shape index (κ2) is 10.3. The van der Waals surface area contributed by atoms with Crippen LogP contribution in [0.25, 0.3) is 77.1 Å². The number of hydrogen-bond donors (Lipinski definition) is 0. The Morgan fingerprint density at radius 1 is 0.419 bits per heavy atom. The molecule has 0 N–H and O–H groups in total. The molecule has 2 heterocycles. The van der Waals surface area contributed by atoms with Gasteiger partial charge in [-0.1, -0.05) is 121 Å². The van der Waals surface area contributed by atoms with E-state index in [1.165, 1.54) is 54.6 Å². The van der Waals surface area contributed by atoms with Crippen molar-refractivity contribution in [2.75, 3.05) is 0 Å². The summed E-state index contributed by atoms with van der Waals surface area (Å²) in [7, 11) is 0. The maximum absolute atomic E-state index is 4.78. The second-order valence-corrected chi connectivity index (χ2v) is 11.0. The SMILES string of the molecule is Cc1cccc(-c2ccc(-c3cccc(-c4c5ccccc5c(-c5cccc6ccccc56)c5ccccc45)c3)cn2)n1. The monoisotopic (exact) mass is 548 g/mol. The highest BCUT2D eigenvalue weighted by Gasteiger charge is 2.18. The fourth-order valence-corrected chi connectivity index (χ4v) is 6.43. The molecule has 0 fully saturated rings. The molecule has 0 atom stereocenters. The highest BCUT2D eigenvalue weighted by atomic mass is 14.8. The molecule has 0 amide bonds. The van der Waals surface area contributed by atoms with Crippen LogP contribution in [0.1, 0.15) is 5.69 Å². The van der Waals surface area contributed by atoms with Crippen LogP contribution >= 0.6 is 0 Å². The lowest BCUT2D eigenvalue weighted by molar-refractivity contribution is 1.18. The summed E-state index contributed by atoms with van der Waals surface area (Å²) in [6.07, 6.45) is 1.96. The molecule has 0 saturated heterocycles. The number of rotatable bonds is 4. The standard InChI is InChI=1S/C41H28N2/c1-27-11-8-22-39(43-27)38-24-23-31(26-42-38)29-14-9-15-30(25-29)40-34-17-4-6-19-36(34)41(37-20-7-5-18-35(37)40)33-21-10-13-28-12-2-3-16-32(28)33/h2-26H,1H3. The number of fused-ring (bicyclic) bond motifs is 3. The fourth-order valence-electron chi connectivity index (χ4n) is 6.43.